The number of alkyl halides is 2. The number of hydrogen-bond donors (Lipinski definition) is 2. The van der Waals surface area contributed by atoms with Crippen LogP contribution in [0.3, 0.4) is 0 Å². The zero-order valence-electron chi connectivity index (χ0n) is 23.7. The van der Waals surface area contributed by atoms with Gasteiger partial charge in [-0.25, -0.2) is 0 Å². The molecule has 0 aliphatic heterocycles. The molecule has 0 unspecified atom stereocenters. The van der Waals surface area contributed by atoms with Crippen LogP contribution in [0.5, 0.6) is 11.5 Å². The molecule has 37 heavy (non-hydrogen) atoms. The summed E-state index contributed by atoms with van der Waals surface area (Å²) in [5.41, 5.74) is 4.46. The molecule has 1 aromatic carbocycles. The van der Waals surface area contributed by atoms with Crippen molar-refractivity contribution in [1.82, 2.24) is 0 Å². The highest BCUT2D eigenvalue weighted by Crippen LogP contribution is 2.47. The van der Waals surface area contributed by atoms with E-state index >= 15 is 0 Å². The Morgan fingerprint density at radius 1 is 1.30 bits per heavy atom. The van der Waals surface area contributed by atoms with E-state index in [0.717, 1.165) is 71.0 Å². The Bertz CT molecular complexity index is 853. The van der Waals surface area contributed by atoms with E-state index in [-0.39, 0.29) is 12.7 Å². The van der Waals surface area contributed by atoms with E-state index in [1.54, 1.807) is 11.8 Å². The number of phenols is 1. The number of thioether (sulfide) groups is 1. The Hall–Kier alpha value is 0.115. The first-order valence-corrected chi connectivity index (χ1v) is 17.2. The Labute approximate surface area is 261 Å². The lowest BCUT2D eigenvalue weighted by molar-refractivity contribution is 0.424. The molecule has 0 saturated heterocycles. The second kappa shape index (κ2) is 22.9. The standard InChI is InChI=1S/C25H35BrO2S2.C3H7BrS.CH3B/c1-5-6-7-9-19-15-22(27)24(21-14-18(4)10-11-20(21)17(2)3)23(16-19)28-25(29)30-13-8-12-26;4-2-1-3-5;1-2/h14-16,20-21,27H,2,5-13H2,1,3-4H3;5H,1-3H2;1H3/t20-,21+;;/m0../s1/i;;1D. The molecule has 208 valence electrons. The van der Waals surface area contributed by atoms with Gasteiger partial charge in [0.1, 0.15) is 11.5 Å². The number of ether oxygens (including phenoxy) is 1. The molecular weight excluding hydrogens is 647 g/mol. The highest BCUT2D eigenvalue weighted by atomic mass is 79.9. The summed E-state index contributed by atoms with van der Waals surface area (Å²) in [7, 11) is 4.51. The predicted octanol–water partition coefficient (Wildman–Crippen LogP) is 10.2. The lowest BCUT2D eigenvalue weighted by Gasteiger charge is -2.32. The zero-order chi connectivity index (χ0) is 28.9. The normalized spacial score (nSPS) is 16.8. The Balaban J connectivity index is 0.00000150. The number of allylic oxidation sites excluding steroid dienone is 3. The molecule has 0 bridgehead atoms. The number of halogens is 2. The molecule has 0 saturated carbocycles. The molecule has 1 aliphatic carbocycles. The molecule has 2 radical (unpaired) electrons. The summed E-state index contributed by atoms with van der Waals surface area (Å²) in [6.45, 7) is 10.7. The fraction of sp³-hybridized carbons (Fsp3) is 0.621. The number of unbranched alkanes of at least 4 members (excludes halogenated alkanes) is 2. The first-order valence-electron chi connectivity index (χ1n) is 13.7. The van der Waals surface area contributed by atoms with Crippen molar-refractivity contribution >= 4 is 80.7 Å². The van der Waals surface area contributed by atoms with Gasteiger partial charge in [-0.2, -0.15) is 12.6 Å². The fourth-order valence-corrected chi connectivity index (χ4v) is 6.57. The summed E-state index contributed by atoms with van der Waals surface area (Å²) >= 11 is 17.8. The largest absolute Gasteiger partial charge is 0.507 e. The van der Waals surface area contributed by atoms with E-state index in [1.807, 2.05) is 6.07 Å². The number of aryl methyl sites for hydroxylation is 1. The minimum atomic E-state index is 0. The smallest absolute Gasteiger partial charge is 0.225 e. The number of rotatable bonds is 12. The highest BCUT2D eigenvalue weighted by Gasteiger charge is 2.31. The number of aromatic hydroxyl groups is 1. The molecular formula is C29H45BBr2O2S3. The SMILES string of the molecule is C=C(C)[C@@H]1CCC(C)=C[C@H]1c1c(O)cc(CCCCC)cc1OC(=S)SCCCBr.SCCCBr.[2H]C[B]. The van der Waals surface area contributed by atoms with Crippen molar-refractivity contribution < 1.29 is 11.2 Å². The van der Waals surface area contributed by atoms with Crippen molar-refractivity contribution in [3.05, 3.63) is 47.1 Å². The van der Waals surface area contributed by atoms with Crippen LogP contribution in [-0.2, 0) is 6.42 Å². The van der Waals surface area contributed by atoms with Crippen molar-refractivity contribution in [2.24, 2.45) is 5.92 Å². The summed E-state index contributed by atoms with van der Waals surface area (Å²) in [6.07, 6.45) is 11.0. The molecule has 0 fully saturated rings. The topological polar surface area (TPSA) is 29.5 Å². The molecule has 0 aromatic heterocycles. The maximum absolute atomic E-state index is 11.1. The monoisotopic (exact) mass is 691 g/mol. The summed E-state index contributed by atoms with van der Waals surface area (Å²) in [5, 5.41) is 13.1. The second-order valence-electron chi connectivity index (χ2n) is 9.02. The number of thiol groups is 1. The molecule has 0 heterocycles. The molecule has 2 rings (SSSR count). The van der Waals surface area contributed by atoms with Crippen molar-refractivity contribution in [2.45, 2.75) is 84.9 Å². The van der Waals surface area contributed by atoms with Crippen molar-refractivity contribution in [3.63, 3.8) is 0 Å². The van der Waals surface area contributed by atoms with Gasteiger partial charge in [0.05, 0.1) is 7.85 Å². The van der Waals surface area contributed by atoms with Crippen molar-refractivity contribution in [1.29, 1.82) is 0 Å². The van der Waals surface area contributed by atoms with Gasteiger partial charge >= 0.3 is 0 Å². The summed E-state index contributed by atoms with van der Waals surface area (Å²) in [4.78, 5) is 0. The van der Waals surface area contributed by atoms with E-state index < -0.39 is 0 Å². The molecule has 2 nitrogen and oxygen atoms in total. The maximum Gasteiger partial charge on any atom is 0.225 e. The lowest BCUT2D eigenvalue weighted by atomic mass is 9.73. The minimum absolute atomic E-state index is 0. The third kappa shape index (κ3) is 14.9. The third-order valence-electron chi connectivity index (χ3n) is 5.95. The van der Waals surface area contributed by atoms with Gasteiger partial charge in [-0.05, 0) is 94.0 Å². The number of hydrogen-bond acceptors (Lipinski definition) is 5. The van der Waals surface area contributed by atoms with Gasteiger partial charge in [-0.3, -0.25) is 0 Å². The average Bonchev–Trinajstić information content (AvgIpc) is 2.85. The van der Waals surface area contributed by atoms with E-state index in [4.69, 9.17) is 18.3 Å². The summed E-state index contributed by atoms with van der Waals surface area (Å²) < 4.78 is 12.7. The van der Waals surface area contributed by atoms with Crippen LogP contribution in [0, 0.1) is 5.92 Å². The van der Waals surface area contributed by atoms with Crippen molar-refractivity contribution in [3.8, 4) is 11.5 Å². The number of phenolic OH excluding ortho intramolecular Hbond substituents is 1. The maximum atomic E-state index is 11.1. The summed E-state index contributed by atoms with van der Waals surface area (Å²) in [5.74, 6) is 3.28. The first-order chi connectivity index (χ1) is 18.2. The number of benzene rings is 1. The second-order valence-corrected chi connectivity index (χ2v) is 12.8. The lowest BCUT2D eigenvalue weighted by Crippen LogP contribution is -2.18. The minimum Gasteiger partial charge on any atom is -0.507 e. The van der Waals surface area contributed by atoms with Gasteiger partial charge in [0.25, 0.3) is 0 Å². The van der Waals surface area contributed by atoms with Crippen LogP contribution < -0.4 is 4.74 Å². The van der Waals surface area contributed by atoms with Gasteiger partial charge in [0, 0.05) is 29.3 Å². The molecule has 0 spiro atoms. The van der Waals surface area contributed by atoms with E-state index in [0.29, 0.717) is 21.8 Å². The molecule has 2 atom stereocenters. The Kier molecular flexibility index (Phi) is 21.7. The van der Waals surface area contributed by atoms with Gasteiger partial charge in [0.2, 0.25) is 4.38 Å². The van der Waals surface area contributed by atoms with Crippen LogP contribution in [0.2, 0.25) is 6.80 Å². The van der Waals surface area contributed by atoms with Gasteiger partial charge in [-0.1, -0.05) is 94.0 Å². The van der Waals surface area contributed by atoms with E-state index in [1.165, 1.54) is 24.8 Å². The van der Waals surface area contributed by atoms with Crippen LogP contribution >= 0.6 is 68.5 Å². The summed E-state index contributed by atoms with van der Waals surface area (Å²) in [6, 6.07) is 4.02. The molecule has 1 aromatic rings. The van der Waals surface area contributed by atoms with Crippen LogP contribution in [0.15, 0.2) is 35.9 Å². The average molecular weight is 694 g/mol. The van der Waals surface area contributed by atoms with Crippen LogP contribution in [0.25, 0.3) is 0 Å². The van der Waals surface area contributed by atoms with Crippen LogP contribution in [0.1, 0.15) is 84.1 Å². The van der Waals surface area contributed by atoms with Gasteiger partial charge < -0.3 is 9.84 Å². The molecule has 1 aliphatic rings. The molecule has 0 amide bonds. The highest BCUT2D eigenvalue weighted by molar-refractivity contribution is 9.09. The van der Waals surface area contributed by atoms with Crippen LogP contribution in [-0.4, -0.2) is 39.5 Å². The Morgan fingerprint density at radius 3 is 2.51 bits per heavy atom. The van der Waals surface area contributed by atoms with Gasteiger partial charge in [0.15, 0.2) is 0 Å². The van der Waals surface area contributed by atoms with Gasteiger partial charge in [-0.15, -0.1) is 0 Å². The van der Waals surface area contributed by atoms with Crippen LogP contribution in [0.4, 0.5) is 0 Å². The molecule has 1 N–H and O–H groups in total. The fourth-order valence-electron chi connectivity index (χ4n) is 4.11. The first kappa shape index (κ1) is 35.1. The predicted molar refractivity (Wildman–Crippen MR) is 183 cm³/mol. The molecule has 8 heteroatoms. The van der Waals surface area contributed by atoms with E-state index in [9.17, 15) is 5.11 Å². The van der Waals surface area contributed by atoms with E-state index in [2.05, 4.69) is 91.8 Å². The number of thiocarbonyl (C=S) groups is 1. The Morgan fingerprint density at radius 2 is 1.97 bits per heavy atom. The third-order valence-corrected chi connectivity index (χ3v) is 8.63. The zero-order valence-corrected chi connectivity index (χ0v) is 28.4. The van der Waals surface area contributed by atoms with Crippen molar-refractivity contribution in [2.75, 3.05) is 22.2 Å². The quantitative estimate of drug-likeness (QED) is 0.0570.